The summed E-state index contributed by atoms with van der Waals surface area (Å²) in [5.74, 6) is 2.16. The van der Waals surface area contributed by atoms with E-state index in [9.17, 15) is 4.79 Å². The molecule has 2 bridgehead atoms. The van der Waals surface area contributed by atoms with Gasteiger partial charge in [0.15, 0.2) is 0 Å². The maximum absolute atomic E-state index is 11.6. The highest BCUT2D eigenvalue weighted by Gasteiger charge is 2.40. The lowest BCUT2D eigenvalue weighted by molar-refractivity contribution is -0.124. The highest BCUT2D eigenvalue weighted by atomic mass is 35.5. The first-order valence-electron chi connectivity index (χ1n) is 5.57. The number of alkyl halides is 1. The Labute approximate surface area is 90.4 Å². The zero-order valence-electron chi connectivity index (χ0n) is 8.63. The molecule has 2 fully saturated rings. The standard InChI is InChI=1S/C11H18ClNO/c1-7(6-12)11(14)13-10-5-8-2-3-9(10)4-8/h7-10H,2-6H2,1H3,(H,13,14). The Morgan fingerprint density at radius 3 is 2.79 bits per heavy atom. The molecule has 0 spiro atoms. The molecule has 1 amide bonds. The molecule has 0 aromatic heterocycles. The lowest BCUT2D eigenvalue weighted by Crippen LogP contribution is -2.41. The third-order valence-electron chi connectivity index (χ3n) is 3.74. The van der Waals surface area contributed by atoms with Gasteiger partial charge < -0.3 is 5.32 Å². The Morgan fingerprint density at radius 1 is 1.50 bits per heavy atom. The van der Waals surface area contributed by atoms with Crippen LogP contribution in [-0.4, -0.2) is 17.8 Å². The summed E-state index contributed by atoms with van der Waals surface area (Å²) in [6, 6.07) is 0.451. The first-order chi connectivity index (χ1) is 6.70. The Morgan fingerprint density at radius 2 is 2.29 bits per heavy atom. The minimum absolute atomic E-state index is 0.0456. The molecule has 0 aromatic carbocycles. The molecule has 14 heavy (non-hydrogen) atoms. The summed E-state index contributed by atoms with van der Waals surface area (Å²) >= 11 is 5.65. The zero-order chi connectivity index (χ0) is 10.1. The molecule has 0 aliphatic heterocycles. The molecule has 4 atom stereocenters. The van der Waals surface area contributed by atoms with E-state index >= 15 is 0 Å². The van der Waals surface area contributed by atoms with E-state index in [1.165, 1.54) is 25.7 Å². The molecule has 0 heterocycles. The Kier molecular flexibility index (Phi) is 3.01. The number of nitrogens with one attached hydrogen (secondary N) is 1. The van der Waals surface area contributed by atoms with Gasteiger partial charge in [0.1, 0.15) is 0 Å². The van der Waals surface area contributed by atoms with E-state index in [0.29, 0.717) is 11.9 Å². The fourth-order valence-electron chi connectivity index (χ4n) is 2.82. The number of rotatable bonds is 3. The third kappa shape index (κ3) is 1.90. The Balaban J connectivity index is 1.84. The summed E-state index contributed by atoms with van der Waals surface area (Å²) in [7, 11) is 0. The van der Waals surface area contributed by atoms with Gasteiger partial charge in [-0.3, -0.25) is 4.79 Å². The molecule has 0 aromatic rings. The van der Waals surface area contributed by atoms with Crippen molar-refractivity contribution >= 4 is 17.5 Å². The Bertz CT molecular complexity index is 231. The SMILES string of the molecule is CC(CCl)C(=O)NC1CC2CCC1C2. The minimum Gasteiger partial charge on any atom is -0.353 e. The van der Waals surface area contributed by atoms with Gasteiger partial charge in [-0.15, -0.1) is 11.6 Å². The van der Waals surface area contributed by atoms with E-state index < -0.39 is 0 Å². The van der Waals surface area contributed by atoms with Crippen LogP contribution in [0.2, 0.25) is 0 Å². The van der Waals surface area contributed by atoms with Crippen LogP contribution >= 0.6 is 11.6 Å². The largest absolute Gasteiger partial charge is 0.353 e. The van der Waals surface area contributed by atoms with Crippen molar-refractivity contribution in [3.8, 4) is 0 Å². The number of amides is 1. The molecule has 0 radical (unpaired) electrons. The van der Waals surface area contributed by atoms with Crippen molar-refractivity contribution in [2.24, 2.45) is 17.8 Å². The highest BCUT2D eigenvalue weighted by molar-refractivity contribution is 6.19. The van der Waals surface area contributed by atoms with E-state index in [2.05, 4.69) is 5.32 Å². The minimum atomic E-state index is -0.0456. The van der Waals surface area contributed by atoms with Crippen LogP contribution in [0, 0.1) is 17.8 Å². The molecule has 2 aliphatic carbocycles. The number of carbonyl (C=O) groups is 1. The predicted molar refractivity (Wildman–Crippen MR) is 57.3 cm³/mol. The average Bonchev–Trinajstić information content (AvgIpc) is 2.77. The van der Waals surface area contributed by atoms with Gasteiger partial charge in [0, 0.05) is 17.8 Å². The summed E-state index contributed by atoms with van der Waals surface area (Å²) < 4.78 is 0. The van der Waals surface area contributed by atoms with Crippen LogP contribution in [0.4, 0.5) is 0 Å². The molecule has 3 heteroatoms. The maximum atomic E-state index is 11.6. The molecule has 2 saturated carbocycles. The van der Waals surface area contributed by atoms with Crippen LogP contribution in [0.15, 0.2) is 0 Å². The molecule has 2 aliphatic rings. The van der Waals surface area contributed by atoms with Gasteiger partial charge in [0.05, 0.1) is 0 Å². The maximum Gasteiger partial charge on any atom is 0.224 e. The van der Waals surface area contributed by atoms with Gasteiger partial charge in [-0.1, -0.05) is 13.3 Å². The van der Waals surface area contributed by atoms with Gasteiger partial charge in [0.25, 0.3) is 0 Å². The topological polar surface area (TPSA) is 29.1 Å². The number of carbonyl (C=O) groups excluding carboxylic acids is 1. The molecule has 4 unspecified atom stereocenters. The second-order valence-corrected chi connectivity index (χ2v) is 5.15. The van der Waals surface area contributed by atoms with Crippen molar-refractivity contribution in [1.29, 1.82) is 0 Å². The summed E-state index contributed by atoms with van der Waals surface area (Å²) in [6.07, 6.45) is 5.22. The van der Waals surface area contributed by atoms with E-state index in [1.54, 1.807) is 0 Å². The number of halogens is 1. The smallest absolute Gasteiger partial charge is 0.224 e. The summed E-state index contributed by atoms with van der Waals surface area (Å²) in [5, 5.41) is 3.14. The summed E-state index contributed by atoms with van der Waals surface area (Å²) in [4.78, 5) is 11.6. The molecular weight excluding hydrogens is 198 g/mol. The van der Waals surface area contributed by atoms with Crippen LogP contribution in [0.5, 0.6) is 0 Å². The molecular formula is C11H18ClNO. The third-order valence-corrected chi connectivity index (χ3v) is 4.21. The fraction of sp³-hybridized carbons (Fsp3) is 0.909. The molecule has 2 nitrogen and oxygen atoms in total. The highest BCUT2D eigenvalue weighted by Crippen LogP contribution is 2.44. The van der Waals surface area contributed by atoms with Crippen LogP contribution < -0.4 is 5.32 Å². The molecule has 2 rings (SSSR count). The van der Waals surface area contributed by atoms with Crippen molar-refractivity contribution in [1.82, 2.24) is 5.32 Å². The second-order valence-electron chi connectivity index (χ2n) is 4.85. The average molecular weight is 216 g/mol. The van der Waals surface area contributed by atoms with Crippen molar-refractivity contribution in [2.45, 2.75) is 38.6 Å². The van der Waals surface area contributed by atoms with Gasteiger partial charge in [0.2, 0.25) is 5.91 Å². The van der Waals surface area contributed by atoms with Gasteiger partial charge in [-0.05, 0) is 31.1 Å². The van der Waals surface area contributed by atoms with Crippen LogP contribution in [-0.2, 0) is 4.79 Å². The quantitative estimate of drug-likeness (QED) is 0.719. The van der Waals surface area contributed by atoms with Crippen molar-refractivity contribution in [3.05, 3.63) is 0 Å². The van der Waals surface area contributed by atoms with E-state index in [1.807, 2.05) is 6.92 Å². The molecule has 80 valence electrons. The van der Waals surface area contributed by atoms with Crippen LogP contribution in [0.25, 0.3) is 0 Å². The normalized spacial score (nSPS) is 37.1. The molecule has 0 saturated heterocycles. The summed E-state index contributed by atoms with van der Waals surface area (Å²) in [5.41, 5.74) is 0. The number of fused-ring (bicyclic) bond motifs is 2. The van der Waals surface area contributed by atoms with Crippen LogP contribution in [0.1, 0.15) is 32.6 Å². The van der Waals surface area contributed by atoms with Gasteiger partial charge in [-0.2, -0.15) is 0 Å². The second kappa shape index (κ2) is 4.09. The summed E-state index contributed by atoms with van der Waals surface area (Å²) in [6.45, 7) is 1.88. The van der Waals surface area contributed by atoms with Crippen molar-refractivity contribution in [2.75, 3.05) is 5.88 Å². The van der Waals surface area contributed by atoms with E-state index in [-0.39, 0.29) is 11.8 Å². The van der Waals surface area contributed by atoms with E-state index in [4.69, 9.17) is 11.6 Å². The van der Waals surface area contributed by atoms with Gasteiger partial charge >= 0.3 is 0 Å². The zero-order valence-corrected chi connectivity index (χ0v) is 9.39. The monoisotopic (exact) mass is 215 g/mol. The number of hydrogen-bond donors (Lipinski definition) is 1. The molecule has 1 N–H and O–H groups in total. The number of hydrogen-bond acceptors (Lipinski definition) is 1. The van der Waals surface area contributed by atoms with Crippen molar-refractivity contribution < 1.29 is 4.79 Å². The van der Waals surface area contributed by atoms with Crippen LogP contribution in [0.3, 0.4) is 0 Å². The first-order valence-corrected chi connectivity index (χ1v) is 6.10. The fourth-order valence-corrected chi connectivity index (χ4v) is 2.96. The van der Waals surface area contributed by atoms with E-state index in [0.717, 1.165) is 11.8 Å². The lowest BCUT2D eigenvalue weighted by Gasteiger charge is -2.24. The van der Waals surface area contributed by atoms with Gasteiger partial charge in [-0.25, -0.2) is 0 Å². The first kappa shape index (κ1) is 10.3. The predicted octanol–water partition coefficient (Wildman–Crippen LogP) is 2.17. The van der Waals surface area contributed by atoms with Crippen molar-refractivity contribution in [3.63, 3.8) is 0 Å². The lowest BCUT2D eigenvalue weighted by atomic mass is 9.95. The Hall–Kier alpha value is -0.240.